The quantitative estimate of drug-likeness (QED) is 0.792. The molecule has 0 radical (unpaired) electrons. The van der Waals surface area contributed by atoms with Crippen LogP contribution in [0.4, 0.5) is 6.01 Å². The first-order chi connectivity index (χ1) is 11.1. The van der Waals surface area contributed by atoms with Crippen LogP contribution >= 0.6 is 0 Å². The highest BCUT2D eigenvalue weighted by Crippen LogP contribution is 2.30. The van der Waals surface area contributed by atoms with Gasteiger partial charge in [0.25, 0.3) is 6.01 Å². The van der Waals surface area contributed by atoms with Gasteiger partial charge in [0.1, 0.15) is 5.52 Å². The maximum atomic E-state index is 10.9. The lowest BCUT2D eigenvalue weighted by molar-refractivity contribution is 0.0182. The maximum Gasteiger partial charge on any atom is 0.298 e. The number of para-hydroxylation sites is 2. The van der Waals surface area contributed by atoms with E-state index in [2.05, 4.69) is 15.1 Å². The summed E-state index contributed by atoms with van der Waals surface area (Å²) in [7, 11) is 0. The van der Waals surface area contributed by atoms with E-state index in [1.165, 1.54) is 0 Å². The molecule has 0 spiro atoms. The lowest BCUT2D eigenvalue weighted by Gasteiger charge is -2.37. The Bertz CT molecular complexity index is 794. The van der Waals surface area contributed by atoms with Gasteiger partial charge < -0.3 is 18.9 Å². The van der Waals surface area contributed by atoms with Crippen molar-refractivity contribution in [2.45, 2.75) is 31.8 Å². The molecule has 4 rings (SSSR count). The minimum atomic E-state index is -0.919. The molecule has 7 heteroatoms. The van der Waals surface area contributed by atoms with E-state index in [9.17, 15) is 5.11 Å². The number of rotatable bonds is 3. The molecule has 0 aliphatic carbocycles. The Morgan fingerprint density at radius 3 is 2.96 bits per heavy atom. The number of hydrogen-bond acceptors (Lipinski definition) is 7. The van der Waals surface area contributed by atoms with Crippen LogP contribution < -0.4 is 4.90 Å². The van der Waals surface area contributed by atoms with Crippen molar-refractivity contribution in [2.24, 2.45) is 0 Å². The molecule has 1 aromatic carbocycles. The number of piperidine rings is 1. The SMILES string of the molecule is Cc1noc(CC2(O)CCCN(c3nc4ccccc4o3)C2)n1. The van der Waals surface area contributed by atoms with Crippen LogP contribution in [0.5, 0.6) is 0 Å². The number of β-amino-alcohol motifs (C(OH)–C–C–N with tert-alkyl or cyclic N) is 1. The Hall–Kier alpha value is -2.41. The zero-order valence-corrected chi connectivity index (χ0v) is 12.9. The minimum Gasteiger partial charge on any atom is -0.423 e. The third-order valence-corrected chi connectivity index (χ3v) is 4.16. The number of nitrogens with zero attached hydrogens (tertiary/aromatic N) is 4. The van der Waals surface area contributed by atoms with Gasteiger partial charge in [0.15, 0.2) is 11.4 Å². The van der Waals surface area contributed by atoms with Crippen molar-refractivity contribution in [3.8, 4) is 0 Å². The van der Waals surface area contributed by atoms with E-state index in [1.54, 1.807) is 6.92 Å². The highest BCUT2D eigenvalue weighted by Gasteiger charge is 2.36. The Kier molecular flexibility index (Phi) is 3.30. The number of aliphatic hydroxyl groups is 1. The second kappa shape index (κ2) is 5.34. The fourth-order valence-electron chi connectivity index (χ4n) is 3.11. The zero-order chi connectivity index (χ0) is 15.9. The lowest BCUT2D eigenvalue weighted by atomic mass is 9.90. The Balaban J connectivity index is 1.56. The molecule has 7 nitrogen and oxygen atoms in total. The van der Waals surface area contributed by atoms with E-state index in [1.807, 2.05) is 29.2 Å². The Morgan fingerprint density at radius 2 is 2.17 bits per heavy atom. The summed E-state index contributed by atoms with van der Waals surface area (Å²) in [5.41, 5.74) is 0.658. The summed E-state index contributed by atoms with van der Waals surface area (Å²) >= 11 is 0. The van der Waals surface area contributed by atoms with E-state index >= 15 is 0 Å². The second-order valence-electron chi connectivity index (χ2n) is 6.13. The van der Waals surface area contributed by atoms with Gasteiger partial charge in [-0.2, -0.15) is 9.97 Å². The molecule has 1 atom stereocenters. The molecule has 1 fully saturated rings. The normalized spacial score (nSPS) is 21.9. The van der Waals surface area contributed by atoms with Crippen LogP contribution in [0.1, 0.15) is 24.6 Å². The topological polar surface area (TPSA) is 88.4 Å². The molecule has 1 saturated heterocycles. The molecule has 1 aliphatic rings. The molecule has 0 saturated carbocycles. The molecule has 1 aliphatic heterocycles. The summed E-state index contributed by atoms with van der Waals surface area (Å²) in [5.74, 6) is 1.04. The number of oxazole rings is 1. The monoisotopic (exact) mass is 314 g/mol. The Morgan fingerprint density at radius 1 is 1.30 bits per heavy atom. The van der Waals surface area contributed by atoms with Gasteiger partial charge in [-0.05, 0) is 31.9 Å². The molecule has 3 heterocycles. The number of aryl methyl sites for hydroxylation is 1. The van der Waals surface area contributed by atoms with Crippen molar-refractivity contribution >= 4 is 17.1 Å². The summed E-state index contributed by atoms with van der Waals surface area (Å²) in [6.07, 6.45) is 1.87. The largest absolute Gasteiger partial charge is 0.423 e. The molecule has 3 aromatic rings. The van der Waals surface area contributed by atoms with E-state index in [4.69, 9.17) is 8.94 Å². The molecule has 120 valence electrons. The number of anilines is 1. The van der Waals surface area contributed by atoms with Crippen molar-refractivity contribution in [3.63, 3.8) is 0 Å². The molecule has 2 aromatic heterocycles. The van der Waals surface area contributed by atoms with E-state index in [-0.39, 0.29) is 0 Å². The van der Waals surface area contributed by atoms with E-state index in [0.29, 0.717) is 37.1 Å². The van der Waals surface area contributed by atoms with Crippen LogP contribution in [-0.4, -0.2) is 38.9 Å². The van der Waals surface area contributed by atoms with Gasteiger partial charge in [-0.25, -0.2) is 0 Å². The smallest absolute Gasteiger partial charge is 0.298 e. The summed E-state index contributed by atoms with van der Waals surface area (Å²) in [6, 6.07) is 8.20. The fraction of sp³-hybridized carbons (Fsp3) is 0.438. The van der Waals surface area contributed by atoms with E-state index < -0.39 is 5.60 Å². The maximum absolute atomic E-state index is 10.9. The van der Waals surface area contributed by atoms with Gasteiger partial charge in [0, 0.05) is 6.54 Å². The zero-order valence-electron chi connectivity index (χ0n) is 12.9. The number of aromatic nitrogens is 3. The van der Waals surface area contributed by atoms with Crippen molar-refractivity contribution in [2.75, 3.05) is 18.0 Å². The molecule has 1 unspecified atom stereocenters. The van der Waals surface area contributed by atoms with Crippen LogP contribution in [0.15, 0.2) is 33.2 Å². The summed E-state index contributed by atoms with van der Waals surface area (Å²) < 4.78 is 10.9. The van der Waals surface area contributed by atoms with Crippen LogP contribution in [0, 0.1) is 6.92 Å². The molecular weight excluding hydrogens is 296 g/mol. The number of benzene rings is 1. The molecule has 0 amide bonds. The third kappa shape index (κ3) is 2.79. The third-order valence-electron chi connectivity index (χ3n) is 4.16. The van der Waals surface area contributed by atoms with Gasteiger partial charge in [0.05, 0.1) is 18.6 Å². The van der Waals surface area contributed by atoms with Crippen molar-refractivity contribution in [1.29, 1.82) is 0 Å². The molecule has 23 heavy (non-hydrogen) atoms. The van der Waals surface area contributed by atoms with Crippen LogP contribution in [0.3, 0.4) is 0 Å². The Labute approximate surface area is 132 Å². The standard InChI is InChI=1S/C16H18N4O3/c1-11-17-14(23-19-11)9-16(21)7-4-8-20(10-16)15-18-12-5-2-3-6-13(12)22-15/h2-3,5-6,21H,4,7-10H2,1H3. The van der Waals surface area contributed by atoms with E-state index in [0.717, 1.165) is 24.1 Å². The van der Waals surface area contributed by atoms with Crippen molar-refractivity contribution in [1.82, 2.24) is 15.1 Å². The predicted molar refractivity (Wildman–Crippen MR) is 83.1 cm³/mol. The van der Waals surface area contributed by atoms with Gasteiger partial charge >= 0.3 is 0 Å². The number of fused-ring (bicyclic) bond motifs is 1. The van der Waals surface area contributed by atoms with Gasteiger partial charge in [-0.15, -0.1) is 0 Å². The van der Waals surface area contributed by atoms with Gasteiger partial charge in [0.2, 0.25) is 5.89 Å². The molecular formula is C16H18N4O3. The highest BCUT2D eigenvalue weighted by molar-refractivity contribution is 5.74. The van der Waals surface area contributed by atoms with Crippen LogP contribution in [0.2, 0.25) is 0 Å². The summed E-state index contributed by atoms with van der Waals surface area (Å²) in [5, 5.41) is 14.7. The summed E-state index contributed by atoms with van der Waals surface area (Å²) in [4.78, 5) is 10.7. The molecule has 0 bridgehead atoms. The average molecular weight is 314 g/mol. The van der Waals surface area contributed by atoms with Gasteiger partial charge in [-0.1, -0.05) is 17.3 Å². The highest BCUT2D eigenvalue weighted by atomic mass is 16.5. The number of hydrogen-bond donors (Lipinski definition) is 1. The predicted octanol–water partition coefficient (Wildman–Crippen LogP) is 2.09. The van der Waals surface area contributed by atoms with Gasteiger partial charge in [-0.3, -0.25) is 0 Å². The first-order valence-corrected chi connectivity index (χ1v) is 7.73. The van der Waals surface area contributed by atoms with Crippen LogP contribution in [-0.2, 0) is 6.42 Å². The molecule has 1 N–H and O–H groups in total. The first kappa shape index (κ1) is 14.2. The average Bonchev–Trinajstić information content (AvgIpc) is 3.13. The van der Waals surface area contributed by atoms with Crippen molar-refractivity contribution in [3.05, 3.63) is 36.0 Å². The lowest BCUT2D eigenvalue weighted by Crippen LogP contribution is -2.49. The second-order valence-corrected chi connectivity index (χ2v) is 6.13. The first-order valence-electron chi connectivity index (χ1n) is 7.73. The minimum absolute atomic E-state index is 0.338. The van der Waals surface area contributed by atoms with Crippen molar-refractivity contribution < 1.29 is 14.0 Å². The van der Waals surface area contributed by atoms with Crippen LogP contribution in [0.25, 0.3) is 11.1 Å². The fourth-order valence-corrected chi connectivity index (χ4v) is 3.11. The summed E-state index contributed by atoms with van der Waals surface area (Å²) in [6.45, 7) is 3.00.